The van der Waals surface area contributed by atoms with E-state index in [4.69, 9.17) is 26.8 Å². The molecule has 2 N–H and O–H groups in total. The lowest BCUT2D eigenvalue weighted by atomic mass is 10.0. The summed E-state index contributed by atoms with van der Waals surface area (Å²) in [5, 5.41) is 18.5. The fraction of sp³-hybridized carbons (Fsp3) is 0.304. The van der Waals surface area contributed by atoms with Crippen molar-refractivity contribution in [2.24, 2.45) is 0 Å². The van der Waals surface area contributed by atoms with Crippen LogP contribution >= 0.6 is 24.0 Å². The normalized spacial score (nSPS) is 16.2. The van der Waals surface area contributed by atoms with Gasteiger partial charge in [0.05, 0.1) is 22.9 Å². The van der Waals surface area contributed by atoms with Crippen LogP contribution in [-0.2, 0) is 16.2 Å². The molecule has 33 heavy (non-hydrogen) atoms. The highest BCUT2D eigenvalue weighted by Gasteiger charge is 2.31. The first-order valence-electron chi connectivity index (χ1n) is 10.4. The van der Waals surface area contributed by atoms with Crippen molar-refractivity contribution in [3.05, 3.63) is 46.5 Å². The number of amides is 1. The van der Waals surface area contributed by atoms with Crippen LogP contribution in [0, 0.1) is 0 Å². The number of thioether (sulfide) groups is 1. The number of ether oxygens (including phenoxy) is 2. The van der Waals surface area contributed by atoms with Crippen LogP contribution < -0.4 is 9.47 Å². The minimum Gasteiger partial charge on any atom is -0.481 e. The fourth-order valence-electron chi connectivity index (χ4n) is 3.59. The van der Waals surface area contributed by atoms with Crippen LogP contribution in [-0.4, -0.2) is 49.6 Å². The molecular weight excluding hydrogens is 464 g/mol. The van der Waals surface area contributed by atoms with Crippen LogP contribution in [0.4, 0.5) is 0 Å². The number of aliphatic hydroxyl groups is 1. The maximum absolute atomic E-state index is 12.8. The smallest absolute Gasteiger partial charge is 0.303 e. The van der Waals surface area contributed by atoms with Gasteiger partial charge >= 0.3 is 5.97 Å². The third-order valence-corrected chi connectivity index (χ3v) is 6.62. The first-order valence-corrected chi connectivity index (χ1v) is 11.7. The van der Waals surface area contributed by atoms with Crippen LogP contribution in [0.15, 0.2) is 35.2 Å². The van der Waals surface area contributed by atoms with Gasteiger partial charge in [-0.1, -0.05) is 36.5 Å². The number of pyridine rings is 1. The monoisotopic (exact) mass is 486 g/mol. The second kappa shape index (κ2) is 10.3. The van der Waals surface area contributed by atoms with E-state index in [-0.39, 0.29) is 25.7 Å². The molecule has 1 fully saturated rings. The summed E-state index contributed by atoms with van der Waals surface area (Å²) in [6.45, 7) is 0.424. The first kappa shape index (κ1) is 23.2. The summed E-state index contributed by atoms with van der Waals surface area (Å²) < 4.78 is 11.3. The Balaban J connectivity index is 1.49. The summed E-state index contributed by atoms with van der Waals surface area (Å²) in [5.74, 6) is 0.198. The van der Waals surface area contributed by atoms with Crippen molar-refractivity contribution >= 4 is 46.3 Å². The molecule has 10 heteroatoms. The summed E-state index contributed by atoms with van der Waals surface area (Å²) in [5.41, 5.74) is 2.63. The van der Waals surface area contributed by atoms with Gasteiger partial charge in [0.15, 0.2) is 11.5 Å². The molecule has 0 radical (unpaired) electrons. The van der Waals surface area contributed by atoms with E-state index in [2.05, 4.69) is 4.98 Å². The summed E-state index contributed by atoms with van der Waals surface area (Å²) in [7, 11) is 0. The van der Waals surface area contributed by atoms with Gasteiger partial charge in [-0.2, -0.15) is 0 Å². The highest BCUT2D eigenvalue weighted by molar-refractivity contribution is 8.26. The van der Waals surface area contributed by atoms with Gasteiger partial charge in [-0.3, -0.25) is 14.5 Å². The largest absolute Gasteiger partial charge is 0.481 e. The molecule has 0 spiro atoms. The molecule has 0 atom stereocenters. The third-order valence-electron chi connectivity index (χ3n) is 5.24. The Morgan fingerprint density at radius 2 is 2.00 bits per heavy atom. The molecule has 0 aliphatic carbocycles. The van der Waals surface area contributed by atoms with Gasteiger partial charge in [0, 0.05) is 18.5 Å². The fourth-order valence-corrected chi connectivity index (χ4v) is 4.88. The van der Waals surface area contributed by atoms with Gasteiger partial charge < -0.3 is 19.7 Å². The SMILES string of the molecule is O=C(O)CCCCCN1C(=O)/C(=C/c2cccc(-c3cc4c(cc3CO)OCO4)n2)SC1=S. The second-order valence-corrected chi connectivity index (χ2v) is 9.18. The highest BCUT2D eigenvalue weighted by atomic mass is 32.2. The Morgan fingerprint density at radius 1 is 1.21 bits per heavy atom. The molecule has 0 saturated carbocycles. The minimum atomic E-state index is -0.815. The highest BCUT2D eigenvalue weighted by Crippen LogP contribution is 2.39. The summed E-state index contributed by atoms with van der Waals surface area (Å²) in [6.07, 6.45) is 3.82. The molecule has 4 rings (SSSR count). The number of nitrogens with zero attached hydrogens (tertiary/aromatic N) is 2. The predicted octanol–water partition coefficient (Wildman–Crippen LogP) is 3.82. The summed E-state index contributed by atoms with van der Waals surface area (Å²) in [6, 6.07) is 9.00. The molecule has 1 aromatic carbocycles. The van der Waals surface area contributed by atoms with Crippen LogP contribution in [0.1, 0.15) is 36.9 Å². The number of carboxylic acid groups (broad SMARTS) is 1. The predicted molar refractivity (Wildman–Crippen MR) is 128 cm³/mol. The first-order chi connectivity index (χ1) is 16.0. The van der Waals surface area contributed by atoms with E-state index in [1.54, 1.807) is 29.2 Å². The lowest BCUT2D eigenvalue weighted by molar-refractivity contribution is -0.137. The van der Waals surface area contributed by atoms with Crippen molar-refractivity contribution in [3.8, 4) is 22.8 Å². The van der Waals surface area contributed by atoms with Gasteiger partial charge in [0.1, 0.15) is 4.32 Å². The molecule has 1 amide bonds. The Hall–Kier alpha value is -2.95. The van der Waals surface area contributed by atoms with E-state index in [1.807, 2.05) is 12.1 Å². The van der Waals surface area contributed by atoms with E-state index in [1.165, 1.54) is 11.8 Å². The zero-order valence-corrected chi connectivity index (χ0v) is 19.3. The van der Waals surface area contributed by atoms with E-state index in [9.17, 15) is 14.7 Å². The quantitative estimate of drug-likeness (QED) is 0.311. The Morgan fingerprint density at radius 3 is 2.76 bits per heavy atom. The van der Waals surface area contributed by atoms with E-state index < -0.39 is 5.97 Å². The average molecular weight is 487 g/mol. The number of thiocarbonyl (C=S) groups is 1. The lowest BCUT2D eigenvalue weighted by Crippen LogP contribution is -2.29. The van der Waals surface area contributed by atoms with Crippen LogP contribution in [0.3, 0.4) is 0 Å². The van der Waals surface area contributed by atoms with E-state index in [0.29, 0.717) is 63.5 Å². The standard InChI is InChI=1S/C23H22N2O6S2/c26-12-14-9-18-19(31-13-30-18)11-16(14)17-6-4-5-15(24-17)10-20-22(29)25(23(32)33-20)8-3-1-2-7-21(27)28/h4-6,9-11,26H,1-3,7-8,12-13H2,(H,27,28)/b20-10-. The number of hydrogen-bond acceptors (Lipinski definition) is 8. The zero-order chi connectivity index (χ0) is 23.4. The van der Waals surface area contributed by atoms with Gasteiger partial charge in [0.25, 0.3) is 5.91 Å². The Labute approximate surface area is 200 Å². The van der Waals surface area contributed by atoms with E-state index in [0.717, 1.165) is 5.56 Å². The molecular formula is C23H22N2O6S2. The van der Waals surface area contributed by atoms with Crippen LogP contribution in [0.5, 0.6) is 11.5 Å². The molecule has 1 aromatic heterocycles. The number of benzene rings is 1. The van der Waals surface area contributed by atoms with Gasteiger partial charge in [-0.15, -0.1) is 0 Å². The number of carboxylic acids is 1. The maximum Gasteiger partial charge on any atom is 0.303 e. The summed E-state index contributed by atoms with van der Waals surface area (Å²) >= 11 is 6.60. The number of carbonyl (C=O) groups is 2. The topological polar surface area (TPSA) is 109 Å². The van der Waals surface area contributed by atoms with Crippen molar-refractivity contribution < 1.29 is 29.3 Å². The molecule has 172 valence electrons. The molecule has 2 aromatic rings. The van der Waals surface area contributed by atoms with Crippen molar-refractivity contribution in [2.75, 3.05) is 13.3 Å². The number of unbranched alkanes of at least 4 members (excludes halogenated alkanes) is 2. The summed E-state index contributed by atoms with van der Waals surface area (Å²) in [4.78, 5) is 30.2. The van der Waals surface area contributed by atoms with Gasteiger partial charge in [-0.25, -0.2) is 4.98 Å². The van der Waals surface area contributed by atoms with Crippen LogP contribution in [0.2, 0.25) is 0 Å². The van der Waals surface area contributed by atoms with E-state index >= 15 is 0 Å². The Kier molecular flexibility index (Phi) is 7.26. The number of hydrogen-bond donors (Lipinski definition) is 2. The molecule has 0 bridgehead atoms. The molecule has 8 nitrogen and oxygen atoms in total. The minimum absolute atomic E-state index is 0.127. The average Bonchev–Trinajstić information content (AvgIpc) is 3.36. The molecule has 1 saturated heterocycles. The van der Waals surface area contributed by atoms with Gasteiger partial charge in [-0.05, 0) is 48.7 Å². The molecule has 2 aliphatic rings. The number of carbonyl (C=O) groups excluding carboxylic acids is 1. The molecule has 0 unspecified atom stereocenters. The van der Waals surface area contributed by atoms with Crippen molar-refractivity contribution in [2.45, 2.75) is 32.3 Å². The Bertz CT molecular complexity index is 1130. The number of aromatic nitrogens is 1. The van der Waals surface area contributed by atoms with Crippen molar-refractivity contribution in [1.82, 2.24) is 9.88 Å². The molecule has 3 heterocycles. The van der Waals surface area contributed by atoms with Crippen molar-refractivity contribution in [1.29, 1.82) is 0 Å². The zero-order valence-electron chi connectivity index (χ0n) is 17.7. The number of aliphatic hydroxyl groups excluding tert-OH is 1. The van der Waals surface area contributed by atoms with Crippen molar-refractivity contribution in [3.63, 3.8) is 0 Å². The molecule has 2 aliphatic heterocycles. The number of fused-ring (bicyclic) bond motifs is 1. The lowest BCUT2D eigenvalue weighted by Gasteiger charge is -2.13. The van der Waals surface area contributed by atoms with Gasteiger partial charge in [0.2, 0.25) is 6.79 Å². The maximum atomic E-state index is 12.8. The third kappa shape index (κ3) is 5.35. The second-order valence-electron chi connectivity index (χ2n) is 7.51. The van der Waals surface area contributed by atoms with Crippen LogP contribution in [0.25, 0.3) is 17.3 Å². The number of aliphatic carboxylic acids is 1. The number of rotatable bonds is 9.